The van der Waals surface area contributed by atoms with E-state index in [2.05, 4.69) is 0 Å². The summed E-state index contributed by atoms with van der Waals surface area (Å²) in [4.78, 5) is 0. The minimum atomic E-state index is -0.293. The van der Waals surface area contributed by atoms with Gasteiger partial charge in [0, 0.05) is 20.3 Å². The van der Waals surface area contributed by atoms with Gasteiger partial charge in [-0.1, -0.05) is 0 Å². The van der Waals surface area contributed by atoms with E-state index in [-0.39, 0.29) is 6.10 Å². The molecule has 0 aromatic heterocycles. The molecular formula is C9H18O3. The van der Waals surface area contributed by atoms with E-state index >= 15 is 0 Å². The molecule has 0 amide bonds. The third-order valence-electron chi connectivity index (χ3n) is 2.31. The van der Waals surface area contributed by atoms with Crippen molar-refractivity contribution < 1.29 is 14.6 Å². The van der Waals surface area contributed by atoms with Crippen LogP contribution >= 0.6 is 0 Å². The van der Waals surface area contributed by atoms with E-state index in [0.29, 0.717) is 12.5 Å². The number of methoxy groups -OCH3 is 1. The van der Waals surface area contributed by atoms with Crippen molar-refractivity contribution in [3.63, 3.8) is 0 Å². The molecule has 0 saturated carbocycles. The van der Waals surface area contributed by atoms with Crippen LogP contribution in [-0.2, 0) is 9.47 Å². The van der Waals surface area contributed by atoms with Crippen LogP contribution in [0.3, 0.4) is 0 Å². The van der Waals surface area contributed by atoms with Gasteiger partial charge in [-0.2, -0.15) is 0 Å². The van der Waals surface area contributed by atoms with Crippen molar-refractivity contribution in [1.29, 1.82) is 0 Å². The summed E-state index contributed by atoms with van der Waals surface area (Å²) in [5.74, 6) is 0.629. The molecule has 12 heavy (non-hydrogen) atoms. The lowest BCUT2D eigenvalue weighted by molar-refractivity contribution is 0.0171. The molecule has 1 rings (SSSR count). The third kappa shape index (κ3) is 3.52. The maximum atomic E-state index is 9.44. The summed E-state index contributed by atoms with van der Waals surface area (Å²) in [5, 5.41) is 9.44. The molecule has 0 aromatic carbocycles. The van der Waals surface area contributed by atoms with E-state index in [0.717, 1.165) is 32.5 Å². The molecule has 1 fully saturated rings. The Kier molecular flexibility index (Phi) is 4.58. The van der Waals surface area contributed by atoms with Crippen LogP contribution in [0.4, 0.5) is 0 Å². The van der Waals surface area contributed by atoms with E-state index in [1.54, 1.807) is 7.11 Å². The molecule has 3 heteroatoms. The molecular weight excluding hydrogens is 156 g/mol. The summed E-state index contributed by atoms with van der Waals surface area (Å²) in [7, 11) is 1.62. The third-order valence-corrected chi connectivity index (χ3v) is 2.31. The van der Waals surface area contributed by atoms with Crippen LogP contribution in [0.2, 0.25) is 0 Å². The average molecular weight is 174 g/mol. The molecule has 1 aliphatic heterocycles. The van der Waals surface area contributed by atoms with Crippen LogP contribution in [0.1, 0.15) is 19.3 Å². The zero-order valence-electron chi connectivity index (χ0n) is 7.66. The Hall–Kier alpha value is -0.120. The Labute approximate surface area is 73.7 Å². The number of ether oxygens (including phenoxy) is 2. The number of aliphatic hydroxyl groups excluding tert-OH is 1. The molecule has 0 bridgehead atoms. The minimum absolute atomic E-state index is 0.293. The van der Waals surface area contributed by atoms with Crippen molar-refractivity contribution in [2.75, 3.05) is 26.9 Å². The van der Waals surface area contributed by atoms with E-state index < -0.39 is 0 Å². The first-order valence-corrected chi connectivity index (χ1v) is 4.57. The van der Waals surface area contributed by atoms with Gasteiger partial charge in [-0.3, -0.25) is 0 Å². The maximum Gasteiger partial charge on any atom is 0.0776 e. The standard InChI is InChI=1S/C9H18O3/c1-11-7-9(10)6-8-2-4-12-5-3-8/h8-10H,2-7H2,1H3. The van der Waals surface area contributed by atoms with E-state index in [9.17, 15) is 5.11 Å². The molecule has 1 saturated heterocycles. The summed E-state index contributed by atoms with van der Waals surface area (Å²) in [5.41, 5.74) is 0. The zero-order valence-corrected chi connectivity index (χ0v) is 7.66. The van der Waals surface area contributed by atoms with Crippen LogP contribution in [0.5, 0.6) is 0 Å². The fourth-order valence-electron chi connectivity index (χ4n) is 1.63. The Bertz CT molecular complexity index is 110. The second-order valence-corrected chi connectivity index (χ2v) is 3.40. The smallest absolute Gasteiger partial charge is 0.0776 e. The Morgan fingerprint density at radius 3 is 2.75 bits per heavy atom. The molecule has 72 valence electrons. The van der Waals surface area contributed by atoms with Gasteiger partial charge in [-0.15, -0.1) is 0 Å². The fourth-order valence-corrected chi connectivity index (χ4v) is 1.63. The van der Waals surface area contributed by atoms with Gasteiger partial charge in [0.05, 0.1) is 12.7 Å². The molecule has 1 aliphatic rings. The predicted octanol–water partition coefficient (Wildman–Crippen LogP) is 0.810. The van der Waals surface area contributed by atoms with E-state index in [4.69, 9.17) is 9.47 Å². The summed E-state index contributed by atoms with van der Waals surface area (Å²) < 4.78 is 10.1. The van der Waals surface area contributed by atoms with E-state index in [1.165, 1.54) is 0 Å². The van der Waals surface area contributed by atoms with Crippen molar-refractivity contribution in [3.05, 3.63) is 0 Å². The maximum absolute atomic E-state index is 9.44. The van der Waals surface area contributed by atoms with Crippen molar-refractivity contribution in [2.45, 2.75) is 25.4 Å². The monoisotopic (exact) mass is 174 g/mol. The number of rotatable bonds is 4. The average Bonchev–Trinajstić information content (AvgIpc) is 2.06. The highest BCUT2D eigenvalue weighted by Gasteiger charge is 2.17. The zero-order chi connectivity index (χ0) is 8.81. The van der Waals surface area contributed by atoms with Gasteiger partial charge >= 0.3 is 0 Å². The Balaban J connectivity index is 2.11. The quantitative estimate of drug-likeness (QED) is 0.685. The highest BCUT2D eigenvalue weighted by Crippen LogP contribution is 2.19. The second-order valence-electron chi connectivity index (χ2n) is 3.40. The lowest BCUT2D eigenvalue weighted by Crippen LogP contribution is -2.23. The lowest BCUT2D eigenvalue weighted by atomic mass is 9.94. The van der Waals surface area contributed by atoms with Gasteiger partial charge in [-0.25, -0.2) is 0 Å². The molecule has 0 aliphatic carbocycles. The van der Waals surface area contributed by atoms with Gasteiger partial charge in [0.25, 0.3) is 0 Å². The van der Waals surface area contributed by atoms with Crippen LogP contribution in [0.25, 0.3) is 0 Å². The van der Waals surface area contributed by atoms with Crippen molar-refractivity contribution >= 4 is 0 Å². The minimum Gasteiger partial charge on any atom is -0.391 e. The van der Waals surface area contributed by atoms with Gasteiger partial charge in [0.15, 0.2) is 0 Å². The fraction of sp³-hybridized carbons (Fsp3) is 1.00. The number of aliphatic hydroxyl groups is 1. The molecule has 1 heterocycles. The van der Waals surface area contributed by atoms with Crippen LogP contribution < -0.4 is 0 Å². The normalized spacial score (nSPS) is 22.5. The molecule has 0 spiro atoms. The second kappa shape index (κ2) is 5.51. The first-order chi connectivity index (χ1) is 5.83. The molecule has 1 atom stereocenters. The van der Waals surface area contributed by atoms with Gasteiger partial charge in [0.2, 0.25) is 0 Å². The Morgan fingerprint density at radius 2 is 2.17 bits per heavy atom. The Morgan fingerprint density at radius 1 is 1.50 bits per heavy atom. The van der Waals surface area contributed by atoms with Crippen molar-refractivity contribution in [1.82, 2.24) is 0 Å². The highest BCUT2D eigenvalue weighted by atomic mass is 16.5. The molecule has 3 nitrogen and oxygen atoms in total. The highest BCUT2D eigenvalue weighted by molar-refractivity contribution is 4.67. The summed E-state index contributed by atoms with van der Waals surface area (Å²) in [6.07, 6.45) is 2.73. The van der Waals surface area contributed by atoms with E-state index in [1.807, 2.05) is 0 Å². The van der Waals surface area contributed by atoms with Crippen molar-refractivity contribution in [2.24, 2.45) is 5.92 Å². The predicted molar refractivity (Wildman–Crippen MR) is 46.0 cm³/mol. The number of hydrogen-bond acceptors (Lipinski definition) is 3. The SMILES string of the molecule is COCC(O)CC1CCOCC1. The number of hydrogen-bond donors (Lipinski definition) is 1. The van der Waals surface area contributed by atoms with Crippen LogP contribution in [0.15, 0.2) is 0 Å². The van der Waals surface area contributed by atoms with Gasteiger partial charge < -0.3 is 14.6 Å². The molecule has 0 radical (unpaired) electrons. The van der Waals surface area contributed by atoms with Gasteiger partial charge in [0.1, 0.15) is 0 Å². The van der Waals surface area contributed by atoms with Crippen molar-refractivity contribution in [3.8, 4) is 0 Å². The summed E-state index contributed by atoms with van der Waals surface area (Å²) in [6, 6.07) is 0. The largest absolute Gasteiger partial charge is 0.391 e. The van der Waals surface area contributed by atoms with Crippen LogP contribution in [-0.4, -0.2) is 38.1 Å². The molecule has 0 aromatic rings. The lowest BCUT2D eigenvalue weighted by Gasteiger charge is -2.23. The molecule has 1 N–H and O–H groups in total. The topological polar surface area (TPSA) is 38.7 Å². The summed E-state index contributed by atoms with van der Waals surface area (Å²) in [6.45, 7) is 2.16. The van der Waals surface area contributed by atoms with Gasteiger partial charge in [-0.05, 0) is 25.2 Å². The first-order valence-electron chi connectivity index (χ1n) is 4.57. The van der Waals surface area contributed by atoms with Crippen LogP contribution in [0, 0.1) is 5.92 Å². The first kappa shape index (κ1) is 9.96. The molecule has 1 unspecified atom stereocenters. The summed E-state index contributed by atoms with van der Waals surface area (Å²) >= 11 is 0.